The van der Waals surface area contributed by atoms with Crippen molar-refractivity contribution in [3.05, 3.63) is 18.2 Å². The predicted molar refractivity (Wildman–Crippen MR) is 62.6 cm³/mol. The molecule has 0 aliphatic heterocycles. The molecule has 0 radical (unpaired) electrons. The van der Waals surface area contributed by atoms with Crippen LogP contribution in [0.4, 0.5) is 0 Å². The van der Waals surface area contributed by atoms with Gasteiger partial charge in [0.05, 0.1) is 12.0 Å². The molecule has 0 saturated heterocycles. The first kappa shape index (κ1) is 11.6. The minimum Gasteiger partial charge on any atom is -0.334 e. The number of nitrogens with one attached hydrogen (secondary N) is 1. The first-order chi connectivity index (χ1) is 6.77. The van der Waals surface area contributed by atoms with E-state index in [1.165, 1.54) is 5.69 Å². The highest BCUT2D eigenvalue weighted by molar-refractivity contribution is 7.98. The summed E-state index contributed by atoms with van der Waals surface area (Å²) in [7, 11) is 0. The Labute approximate surface area is 90.3 Å². The third-order valence-electron chi connectivity index (χ3n) is 2.19. The molecule has 0 aliphatic carbocycles. The van der Waals surface area contributed by atoms with Gasteiger partial charge >= 0.3 is 0 Å². The van der Waals surface area contributed by atoms with Crippen LogP contribution in [0.5, 0.6) is 0 Å². The van der Waals surface area contributed by atoms with Gasteiger partial charge in [0, 0.05) is 31.1 Å². The van der Waals surface area contributed by atoms with E-state index in [4.69, 9.17) is 0 Å². The Morgan fingerprint density at radius 1 is 1.64 bits per heavy atom. The number of rotatable bonds is 6. The van der Waals surface area contributed by atoms with Gasteiger partial charge < -0.3 is 9.88 Å². The molecule has 0 aliphatic rings. The van der Waals surface area contributed by atoms with Crippen LogP contribution in [-0.2, 0) is 13.1 Å². The van der Waals surface area contributed by atoms with E-state index in [0.717, 1.165) is 18.8 Å². The number of aromatic nitrogens is 2. The first-order valence-electron chi connectivity index (χ1n) is 4.99. The summed E-state index contributed by atoms with van der Waals surface area (Å²) in [6.45, 7) is 6.25. The van der Waals surface area contributed by atoms with Gasteiger partial charge in [0.15, 0.2) is 0 Å². The summed E-state index contributed by atoms with van der Waals surface area (Å²) in [5.74, 6) is 1.15. The van der Waals surface area contributed by atoms with Crippen LogP contribution in [0.25, 0.3) is 0 Å². The average molecular weight is 213 g/mol. The summed E-state index contributed by atoms with van der Waals surface area (Å²) in [4.78, 5) is 4.13. The van der Waals surface area contributed by atoms with Gasteiger partial charge in [0.2, 0.25) is 0 Å². The predicted octanol–water partition coefficient (Wildman–Crippen LogP) is 1.74. The van der Waals surface area contributed by atoms with Gasteiger partial charge in [0.25, 0.3) is 0 Å². The summed E-state index contributed by atoms with van der Waals surface area (Å²) >= 11 is 1.87. The Kier molecular flexibility index (Phi) is 5.04. The second kappa shape index (κ2) is 6.09. The molecule has 1 rings (SSSR count). The van der Waals surface area contributed by atoms with Crippen LogP contribution in [0.1, 0.15) is 19.5 Å². The number of imidazole rings is 1. The second-order valence-electron chi connectivity index (χ2n) is 3.41. The van der Waals surface area contributed by atoms with Crippen molar-refractivity contribution in [2.24, 2.45) is 0 Å². The second-order valence-corrected chi connectivity index (χ2v) is 4.32. The highest BCUT2D eigenvalue weighted by atomic mass is 32.2. The maximum absolute atomic E-state index is 4.13. The fraction of sp³-hybridized carbons (Fsp3) is 0.700. The molecule has 14 heavy (non-hydrogen) atoms. The monoisotopic (exact) mass is 213 g/mol. The molecule has 1 aromatic heterocycles. The van der Waals surface area contributed by atoms with E-state index in [9.17, 15) is 0 Å². The van der Waals surface area contributed by atoms with Crippen LogP contribution in [0.15, 0.2) is 12.5 Å². The van der Waals surface area contributed by atoms with Gasteiger partial charge in [-0.05, 0) is 20.1 Å². The van der Waals surface area contributed by atoms with E-state index in [2.05, 4.69) is 35.0 Å². The standard InChI is InChI=1S/C10H19N3S/c1-4-13-8-11-5-10(13)6-12-9(2)7-14-3/h5,8-9,12H,4,6-7H2,1-3H3. The Hall–Kier alpha value is -0.480. The highest BCUT2D eigenvalue weighted by Gasteiger charge is 2.03. The zero-order valence-electron chi connectivity index (χ0n) is 9.16. The lowest BCUT2D eigenvalue weighted by Crippen LogP contribution is -2.28. The van der Waals surface area contributed by atoms with Crippen LogP contribution < -0.4 is 5.32 Å². The van der Waals surface area contributed by atoms with Crippen molar-refractivity contribution in [3.8, 4) is 0 Å². The number of hydrogen-bond donors (Lipinski definition) is 1. The van der Waals surface area contributed by atoms with Gasteiger partial charge in [-0.1, -0.05) is 0 Å². The number of hydrogen-bond acceptors (Lipinski definition) is 3. The molecule has 0 aromatic carbocycles. The Balaban J connectivity index is 2.37. The third kappa shape index (κ3) is 3.35. The van der Waals surface area contributed by atoms with Crippen molar-refractivity contribution in [2.75, 3.05) is 12.0 Å². The molecule has 1 N–H and O–H groups in total. The van der Waals surface area contributed by atoms with Gasteiger partial charge in [-0.2, -0.15) is 11.8 Å². The lowest BCUT2D eigenvalue weighted by molar-refractivity contribution is 0.567. The molecule has 1 aromatic rings. The molecule has 0 amide bonds. The van der Waals surface area contributed by atoms with Crippen molar-refractivity contribution in [1.82, 2.24) is 14.9 Å². The molecule has 0 saturated carbocycles. The number of thioether (sulfide) groups is 1. The van der Waals surface area contributed by atoms with Crippen molar-refractivity contribution in [3.63, 3.8) is 0 Å². The highest BCUT2D eigenvalue weighted by Crippen LogP contribution is 2.01. The largest absolute Gasteiger partial charge is 0.334 e. The Morgan fingerprint density at radius 3 is 3.07 bits per heavy atom. The summed E-state index contributed by atoms with van der Waals surface area (Å²) in [6.07, 6.45) is 5.95. The maximum atomic E-state index is 4.13. The molecule has 4 heteroatoms. The minimum absolute atomic E-state index is 0.560. The Bertz CT molecular complexity index is 260. The van der Waals surface area contributed by atoms with E-state index >= 15 is 0 Å². The molecular formula is C10H19N3S. The molecule has 0 bridgehead atoms. The lowest BCUT2D eigenvalue weighted by atomic mass is 10.3. The Morgan fingerprint density at radius 2 is 2.43 bits per heavy atom. The molecule has 3 nitrogen and oxygen atoms in total. The van der Waals surface area contributed by atoms with Crippen LogP contribution in [0, 0.1) is 0 Å². The summed E-state index contributed by atoms with van der Waals surface area (Å²) in [5.41, 5.74) is 1.26. The fourth-order valence-corrected chi connectivity index (χ4v) is 1.99. The average Bonchev–Trinajstić information content (AvgIpc) is 2.62. The zero-order chi connectivity index (χ0) is 10.4. The van der Waals surface area contributed by atoms with Crippen molar-refractivity contribution in [2.45, 2.75) is 33.0 Å². The summed E-state index contributed by atoms with van der Waals surface area (Å²) < 4.78 is 2.17. The van der Waals surface area contributed by atoms with Crippen LogP contribution in [0.2, 0.25) is 0 Å². The molecule has 1 heterocycles. The quantitative estimate of drug-likeness (QED) is 0.780. The van der Waals surface area contributed by atoms with Crippen LogP contribution in [-0.4, -0.2) is 27.6 Å². The van der Waals surface area contributed by atoms with Gasteiger partial charge in [-0.15, -0.1) is 0 Å². The van der Waals surface area contributed by atoms with Gasteiger partial charge in [-0.25, -0.2) is 4.98 Å². The maximum Gasteiger partial charge on any atom is 0.0948 e. The van der Waals surface area contributed by atoms with E-state index in [1.54, 1.807) is 0 Å². The van der Waals surface area contributed by atoms with Gasteiger partial charge in [0.1, 0.15) is 0 Å². The van der Waals surface area contributed by atoms with E-state index in [0.29, 0.717) is 6.04 Å². The lowest BCUT2D eigenvalue weighted by Gasteiger charge is -2.12. The summed E-state index contributed by atoms with van der Waals surface area (Å²) in [6, 6.07) is 0.560. The van der Waals surface area contributed by atoms with Crippen LogP contribution in [0.3, 0.4) is 0 Å². The molecule has 1 unspecified atom stereocenters. The zero-order valence-corrected chi connectivity index (χ0v) is 9.97. The fourth-order valence-electron chi connectivity index (χ4n) is 1.37. The molecule has 0 spiro atoms. The van der Waals surface area contributed by atoms with E-state index in [-0.39, 0.29) is 0 Å². The molecule has 80 valence electrons. The van der Waals surface area contributed by atoms with Crippen molar-refractivity contribution >= 4 is 11.8 Å². The molecule has 1 atom stereocenters. The van der Waals surface area contributed by atoms with Crippen molar-refractivity contribution in [1.29, 1.82) is 0 Å². The number of aryl methyl sites for hydroxylation is 1. The van der Waals surface area contributed by atoms with E-state index in [1.807, 2.05) is 24.3 Å². The molecule has 0 fully saturated rings. The normalized spacial score (nSPS) is 13.1. The van der Waals surface area contributed by atoms with Crippen LogP contribution >= 0.6 is 11.8 Å². The molecular weight excluding hydrogens is 194 g/mol. The first-order valence-corrected chi connectivity index (χ1v) is 6.38. The SMILES string of the molecule is CCn1cncc1CNC(C)CSC. The smallest absolute Gasteiger partial charge is 0.0948 e. The van der Waals surface area contributed by atoms with E-state index < -0.39 is 0 Å². The minimum atomic E-state index is 0.560. The number of nitrogens with zero attached hydrogens (tertiary/aromatic N) is 2. The topological polar surface area (TPSA) is 29.9 Å². The third-order valence-corrected chi connectivity index (χ3v) is 3.02. The summed E-state index contributed by atoms with van der Waals surface area (Å²) in [5, 5.41) is 3.48. The van der Waals surface area contributed by atoms with Gasteiger partial charge in [-0.3, -0.25) is 0 Å². The van der Waals surface area contributed by atoms with Crippen molar-refractivity contribution < 1.29 is 0 Å².